The van der Waals surface area contributed by atoms with E-state index in [1.54, 1.807) is 19.9 Å². The minimum atomic E-state index is -1.29. The number of carbonyl (C=O) groups excluding carboxylic acids is 4. The van der Waals surface area contributed by atoms with Crippen molar-refractivity contribution in [2.75, 3.05) is 18.4 Å². The Kier molecular flexibility index (Phi) is 6.74. The van der Waals surface area contributed by atoms with Crippen LogP contribution in [0, 0.1) is 22.5 Å². The summed E-state index contributed by atoms with van der Waals surface area (Å²) in [6.07, 6.45) is 5.38. The van der Waals surface area contributed by atoms with Crippen molar-refractivity contribution in [3.8, 4) is 0 Å². The number of piperidine rings is 1. The highest BCUT2D eigenvalue weighted by molar-refractivity contribution is 6.09. The van der Waals surface area contributed by atoms with E-state index in [9.17, 15) is 28.0 Å². The first-order valence-corrected chi connectivity index (χ1v) is 14.3. The fourth-order valence-corrected chi connectivity index (χ4v) is 7.05. The quantitative estimate of drug-likeness (QED) is 0.455. The zero-order valence-electron chi connectivity index (χ0n) is 23.5. The summed E-state index contributed by atoms with van der Waals surface area (Å²) in [5.74, 6) is -2.28. The standard InChI is InChI=1S/C32H32F2N4O4/c1-3-31(4-2)26(39)14-25(19-10-21(33)13-22(34)11-19)38(30(31)42)17-27(40)36-23-8-7-18-15-32(16-20(18)12-23)24-6-5-9-35-28(24)37-29(32)41/h5-8,10-13,25,35H,3-4,9,14-17H2,1-2H3,(H,36,40)(H,37,41)/t25-,32+/m0/s1. The average molecular weight is 575 g/mol. The molecule has 1 spiro atoms. The van der Waals surface area contributed by atoms with Gasteiger partial charge < -0.3 is 20.9 Å². The summed E-state index contributed by atoms with van der Waals surface area (Å²) in [6.45, 7) is 3.76. The number of nitrogens with zero attached hydrogens (tertiary/aromatic N) is 1. The molecule has 2 atom stereocenters. The van der Waals surface area contributed by atoms with Crippen LogP contribution in [0.5, 0.6) is 0 Å². The van der Waals surface area contributed by atoms with Gasteiger partial charge in [-0.05, 0) is 66.6 Å². The van der Waals surface area contributed by atoms with Crippen LogP contribution in [0.4, 0.5) is 14.5 Å². The summed E-state index contributed by atoms with van der Waals surface area (Å²) in [5, 5.41) is 9.03. The van der Waals surface area contributed by atoms with E-state index in [4.69, 9.17) is 0 Å². The number of dihydropyridines is 1. The average Bonchev–Trinajstić information content (AvgIpc) is 3.47. The molecule has 2 aromatic rings. The van der Waals surface area contributed by atoms with Crippen LogP contribution in [0.15, 0.2) is 59.9 Å². The second-order valence-corrected chi connectivity index (χ2v) is 11.6. The third kappa shape index (κ3) is 4.31. The number of anilines is 1. The number of benzene rings is 2. The maximum absolute atomic E-state index is 14.1. The molecule has 4 aliphatic rings. The lowest BCUT2D eigenvalue weighted by Crippen LogP contribution is -2.56. The van der Waals surface area contributed by atoms with Gasteiger partial charge in [0.25, 0.3) is 0 Å². The molecule has 0 bridgehead atoms. The Bertz CT molecular complexity index is 1570. The van der Waals surface area contributed by atoms with Crippen molar-refractivity contribution in [3.05, 3.63) is 88.3 Å². The molecule has 3 aliphatic heterocycles. The number of hydrogen-bond donors (Lipinski definition) is 3. The first kappa shape index (κ1) is 27.8. The van der Waals surface area contributed by atoms with E-state index in [-0.39, 0.29) is 36.5 Å². The molecule has 8 nitrogen and oxygen atoms in total. The van der Waals surface area contributed by atoms with E-state index >= 15 is 0 Å². The number of fused-ring (bicyclic) bond motifs is 2. The third-order valence-electron chi connectivity index (χ3n) is 9.36. The van der Waals surface area contributed by atoms with Gasteiger partial charge in [-0.1, -0.05) is 32.1 Å². The number of likely N-dealkylation sites (tertiary alicyclic amines) is 1. The van der Waals surface area contributed by atoms with Crippen LogP contribution in [0.25, 0.3) is 0 Å². The number of rotatable bonds is 6. The minimum Gasteiger partial charge on any atom is -0.368 e. The Labute approximate surface area is 242 Å². The van der Waals surface area contributed by atoms with Crippen molar-refractivity contribution in [2.45, 2.75) is 52.0 Å². The van der Waals surface area contributed by atoms with E-state index in [2.05, 4.69) is 16.0 Å². The lowest BCUT2D eigenvalue weighted by atomic mass is 9.71. The monoisotopic (exact) mass is 574 g/mol. The Morgan fingerprint density at radius 3 is 2.45 bits per heavy atom. The van der Waals surface area contributed by atoms with Gasteiger partial charge in [0.2, 0.25) is 17.7 Å². The molecule has 0 radical (unpaired) electrons. The number of hydrogen-bond acceptors (Lipinski definition) is 5. The molecule has 10 heteroatoms. The maximum Gasteiger partial charge on any atom is 0.244 e. The SMILES string of the molecule is CCC1(CC)C(=O)C[C@@H](c2cc(F)cc(F)c2)N(CC(=O)Nc2ccc3c(c2)C[C@@]2(C3)C(=O)NC3=C2C=CCN3)C1=O. The van der Waals surface area contributed by atoms with Gasteiger partial charge in [0, 0.05) is 30.3 Å². The molecule has 218 valence electrons. The number of allylic oxidation sites excluding steroid dienone is 1. The molecule has 1 aliphatic carbocycles. The largest absolute Gasteiger partial charge is 0.368 e. The molecule has 3 N–H and O–H groups in total. The first-order valence-electron chi connectivity index (χ1n) is 14.3. The summed E-state index contributed by atoms with van der Waals surface area (Å²) < 4.78 is 28.3. The molecule has 3 amide bonds. The third-order valence-corrected chi connectivity index (χ3v) is 9.36. The van der Waals surface area contributed by atoms with Gasteiger partial charge >= 0.3 is 0 Å². The van der Waals surface area contributed by atoms with E-state index in [1.165, 1.54) is 4.90 Å². The van der Waals surface area contributed by atoms with Crippen molar-refractivity contribution in [3.63, 3.8) is 0 Å². The van der Waals surface area contributed by atoms with Crippen molar-refractivity contribution in [2.24, 2.45) is 10.8 Å². The summed E-state index contributed by atoms with van der Waals surface area (Å²) in [6, 6.07) is 7.43. The first-order chi connectivity index (χ1) is 20.1. The Hall–Kier alpha value is -4.34. The maximum atomic E-state index is 14.1. The summed E-state index contributed by atoms with van der Waals surface area (Å²) in [5.41, 5.74) is 1.54. The molecular formula is C32H32F2N4O4. The number of ketones is 1. The highest BCUT2D eigenvalue weighted by Crippen LogP contribution is 2.48. The van der Waals surface area contributed by atoms with Crippen LogP contribution in [0.3, 0.4) is 0 Å². The Balaban J connectivity index is 1.24. The topological polar surface area (TPSA) is 108 Å². The molecule has 2 aromatic carbocycles. The molecule has 1 saturated heterocycles. The summed E-state index contributed by atoms with van der Waals surface area (Å²) >= 11 is 0. The number of nitrogens with one attached hydrogen (secondary N) is 3. The molecule has 0 unspecified atom stereocenters. The van der Waals surface area contributed by atoms with Gasteiger partial charge in [-0.15, -0.1) is 0 Å². The van der Waals surface area contributed by atoms with Crippen molar-refractivity contribution < 1.29 is 28.0 Å². The van der Waals surface area contributed by atoms with Gasteiger partial charge in [0.1, 0.15) is 29.4 Å². The second-order valence-electron chi connectivity index (χ2n) is 11.6. The van der Waals surface area contributed by atoms with Crippen LogP contribution in [-0.4, -0.2) is 41.5 Å². The zero-order chi connectivity index (χ0) is 29.8. The van der Waals surface area contributed by atoms with Gasteiger partial charge in [0.15, 0.2) is 5.78 Å². The lowest BCUT2D eigenvalue weighted by molar-refractivity contribution is -0.160. The number of halogens is 2. The van der Waals surface area contributed by atoms with E-state index in [0.717, 1.165) is 40.7 Å². The van der Waals surface area contributed by atoms with Crippen LogP contribution in [0.1, 0.15) is 55.8 Å². The second kappa shape index (κ2) is 10.2. The molecular weight excluding hydrogens is 542 g/mol. The smallest absolute Gasteiger partial charge is 0.244 e. The predicted octanol–water partition coefficient (Wildman–Crippen LogP) is 3.84. The van der Waals surface area contributed by atoms with Gasteiger partial charge in [-0.2, -0.15) is 0 Å². The van der Waals surface area contributed by atoms with E-state index in [1.807, 2.05) is 24.3 Å². The highest BCUT2D eigenvalue weighted by atomic mass is 19.1. The molecule has 6 rings (SSSR count). The van der Waals surface area contributed by atoms with Crippen molar-refractivity contribution >= 4 is 29.2 Å². The molecule has 42 heavy (non-hydrogen) atoms. The van der Waals surface area contributed by atoms with Crippen LogP contribution in [-0.2, 0) is 32.0 Å². The van der Waals surface area contributed by atoms with Gasteiger partial charge in [0.05, 0.1) is 11.5 Å². The fraction of sp³-hybridized carbons (Fsp3) is 0.375. The number of carbonyl (C=O) groups is 4. The summed E-state index contributed by atoms with van der Waals surface area (Å²) in [7, 11) is 0. The zero-order valence-corrected chi connectivity index (χ0v) is 23.5. The van der Waals surface area contributed by atoms with E-state index in [0.29, 0.717) is 25.1 Å². The van der Waals surface area contributed by atoms with Crippen molar-refractivity contribution in [1.82, 2.24) is 15.5 Å². The molecule has 0 saturated carbocycles. The highest BCUT2D eigenvalue weighted by Gasteiger charge is 2.53. The predicted molar refractivity (Wildman–Crippen MR) is 151 cm³/mol. The number of Topliss-reactive ketones (excluding diaryl/α,β-unsaturated/α-hetero) is 1. The summed E-state index contributed by atoms with van der Waals surface area (Å²) in [4.78, 5) is 54.7. The van der Waals surface area contributed by atoms with E-state index < -0.39 is 46.9 Å². The Morgan fingerprint density at radius 1 is 1.02 bits per heavy atom. The normalized spacial score (nSPS) is 24.0. The number of amides is 3. The lowest BCUT2D eigenvalue weighted by Gasteiger charge is -2.44. The van der Waals surface area contributed by atoms with Crippen LogP contribution < -0.4 is 16.0 Å². The Morgan fingerprint density at radius 2 is 1.74 bits per heavy atom. The molecule has 3 heterocycles. The van der Waals surface area contributed by atoms with Gasteiger partial charge in [-0.3, -0.25) is 19.2 Å². The molecule has 1 fully saturated rings. The van der Waals surface area contributed by atoms with Gasteiger partial charge in [-0.25, -0.2) is 8.78 Å². The fourth-order valence-electron chi connectivity index (χ4n) is 7.05. The van der Waals surface area contributed by atoms with Crippen LogP contribution in [0.2, 0.25) is 0 Å². The molecule has 0 aromatic heterocycles. The van der Waals surface area contributed by atoms with Crippen molar-refractivity contribution in [1.29, 1.82) is 0 Å². The van der Waals surface area contributed by atoms with Crippen LogP contribution >= 0.6 is 0 Å². The minimum absolute atomic E-state index is 0.0540.